The van der Waals surface area contributed by atoms with Crippen LogP contribution in [-0.2, 0) is 11.4 Å². The van der Waals surface area contributed by atoms with Gasteiger partial charge in [0, 0.05) is 6.07 Å². The van der Waals surface area contributed by atoms with Gasteiger partial charge < -0.3 is 18.9 Å². The zero-order chi connectivity index (χ0) is 24.4. The molecule has 1 saturated heterocycles. The van der Waals surface area contributed by atoms with Crippen LogP contribution in [-0.4, -0.2) is 23.6 Å². The Balaban J connectivity index is 1.40. The fourth-order valence-electron chi connectivity index (χ4n) is 3.67. The summed E-state index contributed by atoms with van der Waals surface area (Å²) in [7, 11) is 0. The van der Waals surface area contributed by atoms with Gasteiger partial charge in [-0.1, -0.05) is 65.9 Å². The van der Waals surface area contributed by atoms with Crippen LogP contribution < -0.4 is 23.8 Å². The molecule has 2 aliphatic rings. The molecule has 0 spiro atoms. The third-order valence-corrected chi connectivity index (χ3v) is 6.85. The standard InChI is InChI=1S/C26H20ClNO5S2/c1-2-30-22-11-17(10-19(27)24(22)31-14-16-6-4-3-5-7-16)12-23-25(29)28(26(34)35-23)18-8-9-20-21(13-18)33-15-32-20/h3-13H,2,14-15H2,1H3/b23-12-. The third kappa shape index (κ3) is 4.96. The molecule has 9 heteroatoms. The van der Waals surface area contributed by atoms with Crippen LogP contribution in [0.3, 0.4) is 0 Å². The third-order valence-electron chi connectivity index (χ3n) is 5.26. The van der Waals surface area contributed by atoms with E-state index in [1.807, 2.05) is 43.3 Å². The molecule has 0 aromatic heterocycles. The van der Waals surface area contributed by atoms with Crippen LogP contribution in [0.25, 0.3) is 6.08 Å². The van der Waals surface area contributed by atoms with E-state index >= 15 is 0 Å². The average Bonchev–Trinajstić information content (AvgIpc) is 3.42. The molecule has 1 amide bonds. The summed E-state index contributed by atoms with van der Waals surface area (Å²) in [5.74, 6) is 1.97. The number of hydrogen-bond acceptors (Lipinski definition) is 7. The predicted octanol–water partition coefficient (Wildman–Crippen LogP) is 6.45. The van der Waals surface area contributed by atoms with Gasteiger partial charge in [0.1, 0.15) is 6.61 Å². The van der Waals surface area contributed by atoms with Gasteiger partial charge in [-0.05, 0) is 48.4 Å². The number of ether oxygens (including phenoxy) is 4. The van der Waals surface area contributed by atoms with Crippen LogP contribution in [0, 0.1) is 0 Å². The van der Waals surface area contributed by atoms with E-state index in [4.69, 9.17) is 42.8 Å². The Morgan fingerprint density at radius 2 is 1.89 bits per heavy atom. The lowest BCUT2D eigenvalue weighted by molar-refractivity contribution is -0.113. The van der Waals surface area contributed by atoms with Crippen molar-refractivity contribution < 1.29 is 23.7 Å². The summed E-state index contributed by atoms with van der Waals surface area (Å²) in [6.45, 7) is 2.84. The van der Waals surface area contributed by atoms with Crippen molar-refractivity contribution in [1.29, 1.82) is 0 Å². The first-order valence-electron chi connectivity index (χ1n) is 10.8. The van der Waals surface area contributed by atoms with Gasteiger partial charge in [-0.3, -0.25) is 9.69 Å². The van der Waals surface area contributed by atoms with E-state index in [9.17, 15) is 4.79 Å². The second kappa shape index (κ2) is 10.2. The SMILES string of the molecule is CCOc1cc(/C=C2\SC(=S)N(c3ccc4c(c3)OCO4)C2=O)cc(Cl)c1OCc1ccccc1. The maximum Gasteiger partial charge on any atom is 0.270 e. The molecule has 35 heavy (non-hydrogen) atoms. The Hall–Kier alpha value is -3.20. The van der Waals surface area contributed by atoms with E-state index < -0.39 is 0 Å². The molecule has 5 rings (SSSR count). The Labute approximate surface area is 217 Å². The van der Waals surface area contributed by atoms with Crippen molar-refractivity contribution in [3.8, 4) is 23.0 Å². The molecule has 1 fully saturated rings. The Kier molecular flexibility index (Phi) is 6.86. The van der Waals surface area contributed by atoms with Gasteiger partial charge in [-0.25, -0.2) is 0 Å². The highest BCUT2D eigenvalue weighted by atomic mass is 35.5. The Morgan fingerprint density at radius 3 is 2.69 bits per heavy atom. The summed E-state index contributed by atoms with van der Waals surface area (Å²) in [5, 5.41) is 0.393. The molecule has 6 nitrogen and oxygen atoms in total. The van der Waals surface area contributed by atoms with E-state index in [1.165, 1.54) is 16.7 Å². The number of benzene rings is 3. The summed E-state index contributed by atoms with van der Waals surface area (Å²) < 4.78 is 23.0. The molecule has 3 aromatic rings. The fourth-order valence-corrected chi connectivity index (χ4v) is 5.24. The number of carbonyl (C=O) groups is 1. The normalized spacial score (nSPS) is 15.7. The zero-order valence-corrected chi connectivity index (χ0v) is 21.0. The first-order chi connectivity index (χ1) is 17.0. The number of fused-ring (bicyclic) bond motifs is 1. The topological polar surface area (TPSA) is 57.2 Å². The minimum Gasteiger partial charge on any atom is -0.490 e. The summed E-state index contributed by atoms with van der Waals surface area (Å²) >= 11 is 13.3. The molecule has 2 heterocycles. The van der Waals surface area contributed by atoms with Crippen molar-refractivity contribution in [3.63, 3.8) is 0 Å². The Bertz CT molecular complexity index is 1330. The maximum absolute atomic E-state index is 13.2. The van der Waals surface area contributed by atoms with Crippen molar-refractivity contribution in [3.05, 3.63) is 81.7 Å². The molecule has 178 valence electrons. The van der Waals surface area contributed by atoms with Gasteiger partial charge in [0.25, 0.3) is 5.91 Å². The highest BCUT2D eigenvalue weighted by Crippen LogP contribution is 2.42. The van der Waals surface area contributed by atoms with E-state index in [0.717, 1.165) is 5.56 Å². The summed E-state index contributed by atoms with van der Waals surface area (Å²) in [6, 6.07) is 18.7. The smallest absolute Gasteiger partial charge is 0.270 e. The van der Waals surface area contributed by atoms with Crippen molar-refractivity contribution in [1.82, 2.24) is 0 Å². The van der Waals surface area contributed by atoms with Crippen molar-refractivity contribution in [2.45, 2.75) is 13.5 Å². The monoisotopic (exact) mass is 525 g/mol. The van der Waals surface area contributed by atoms with Gasteiger partial charge >= 0.3 is 0 Å². The molecule has 0 unspecified atom stereocenters. The minimum atomic E-state index is -0.225. The van der Waals surface area contributed by atoms with Crippen molar-refractivity contribution in [2.75, 3.05) is 18.3 Å². The molecule has 0 N–H and O–H groups in total. The minimum absolute atomic E-state index is 0.158. The van der Waals surface area contributed by atoms with Crippen molar-refractivity contribution >= 4 is 57.6 Å². The van der Waals surface area contributed by atoms with Crippen molar-refractivity contribution in [2.24, 2.45) is 0 Å². The number of hydrogen-bond donors (Lipinski definition) is 0. The maximum atomic E-state index is 13.2. The number of carbonyl (C=O) groups excluding carboxylic acids is 1. The molecule has 0 radical (unpaired) electrons. The van der Waals surface area contributed by atoms with Crippen LogP contribution in [0.5, 0.6) is 23.0 Å². The first kappa shape index (κ1) is 23.5. The molecular formula is C26H20ClNO5S2. The zero-order valence-electron chi connectivity index (χ0n) is 18.7. The fraction of sp³-hybridized carbons (Fsp3) is 0.154. The van der Waals surface area contributed by atoms with Crippen LogP contribution in [0.1, 0.15) is 18.1 Å². The van der Waals surface area contributed by atoms with Crippen LogP contribution in [0.4, 0.5) is 5.69 Å². The number of amides is 1. The lowest BCUT2D eigenvalue weighted by Gasteiger charge is -2.15. The van der Waals surface area contributed by atoms with E-state index in [1.54, 1.807) is 30.3 Å². The lowest BCUT2D eigenvalue weighted by atomic mass is 10.1. The second-order valence-corrected chi connectivity index (χ2v) is 9.67. The van der Waals surface area contributed by atoms with E-state index in [0.29, 0.717) is 61.7 Å². The summed E-state index contributed by atoms with van der Waals surface area (Å²) in [4.78, 5) is 15.2. The highest BCUT2D eigenvalue weighted by molar-refractivity contribution is 8.27. The number of halogens is 1. The summed E-state index contributed by atoms with van der Waals surface area (Å²) in [6.07, 6.45) is 1.75. The van der Waals surface area contributed by atoms with Gasteiger partial charge in [-0.2, -0.15) is 0 Å². The largest absolute Gasteiger partial charge is 0.490 e. The molecule has 0 aliphatic carbocycles. The molecule has 0 atom stereocenters. The highest BCUT2D eigenvalue weighted by Gasteiger charge is 2.34. The second-order valence-electron chi connectivity index (χ2n) is 7.59. The summed E-state index contributed by atoms with van der Waals surface area (Å²) in [5.41, 5.74) is 2.34. The van der Waals surface area contributed by atoms with E-state index in [2.05, 4.69) is 0 Å². The lowest BCUT2D eigenvalue weighted by Crippen LogP contribution is -2.27. The number of rotatable bonds is 7. The molecule has 0 bridgehead atoms. The quantitative estimate of drug-likeness (QED) is 0.259. The predicted molar refractivity (Wildman–Crippen MR) is 142 cm³/mol. The average molecular weight is 526 g/mol. The van der Waals surface area contributed by atoms with Crippen LogP contribution in [0.2, 0.25) is 5.02 Å². The Morgan fingerprint density at radius 1 is 1.09 bits per heavy atom. The number of thioether (sulfide) groups is 1. The number of anilines is 1. The van der Waals surface area contributed by atoms with Crippen LogP contribution >= 0.6 is 35.6 Å². The molecule has 2 aliphatic heterocycles. The molecular weight excluding hydrogens is 506 g/mol. The van der Waals surface area contributed by atoms with Gasteiger partial charge in [0.05, 0.1) is 22.2 Å². The van der Waals surface area contributed by atoms with Gasteiger partial charge in [0.2, 0.25) is 6.79 Å². The number of thiocarbonyl (C=S) groups is 1. The van der Waals surface area contributed by atoms with Gasteiger partial charge in [-0.15, -0.1) is 0 Å². The molecule has 0 saturated carbocycles. The number of nitrogens with zero attached hydrogens (tertiary/aromatic N) is 1. The van der Waals surface area contributed by atoms with Gasteiger partial charge in [0.15, 0.2) is 27.3 Å². The molecule has 3 aromatic carbocycles. The van der Waals surface area contributed by atoms with E-state index in [-0.39, 0.29) is 12.7 Å². The first-order valence-corrected chi connectivity index (χ1v) is 12.4. The van der Waals surface area contributed by atoms with Crippen LogP contribution in [0.15, 0.2) is 65.6 Å².